The smallest absolute Gasteiger partial charge is 0.234 e. The van der Waals surface area contributed by atoms with Crippen LogP contribution in [0, 0.1) is 0 Å². The van der Waals surface area contributed by atoms with Gasteiger partial charge in [0.05, 0.1) is 17.3 Å². The van der Waals surface area contributed by atoms with Crippen molar-refractivity contribution in [2.75, 3.05) is 22.6 Å². The average Bonchev–Trinajstić information content (AvgIpc) is 2.66. The zero-order chi connectivity index (χ0) is 13.9. The average molecular weight is 320 g/mol. The van der Waals surface area contributed by atoms with Gasteiger partial charge in [0.25, 0.3) is 0 Å². The maximum Gasteiger partial charge on any atom is 0.234 e. The topological polar surface area (TPSA) is 63.2 Å². The molecule has 1 fully saturated rings. The summed E-state index contributed by atoms with van der Waals surface area (Å²) in [6, 6.07) is 6.92. The number of sulfone groups is 1. The van der Waals surface area contributed by atoms with Crippen molar-refractivity contribution in [3.8, 4) is 0 Å². The van der Waals surface area contributed by atoms with Crippen LogP contribution in [0.1, 0.15) is 6.42 Å². The fourth-order valence-corrected chi connectivity index (χ4v) is 5.48. The van der Waals surface area contributed by atoms with Crippen molar-refractivity contribution in [1.29, 1.82) is 0 Å². The molecule has 1 aliphatic rings. The normalized spacial score (nSPS) is 21.2. The summed E-state index contributed by atoms with van der Waals surface area (Å²) in [7, 11) is -2.88. The van der Waals surface area contributed by atoms with E-state index in [1.807, 2.05) is 0 Å². The predicted molar refractivity (Wildman–Crippen MR) is 79.6 cm³/mol. The summed E-state index contributed by atoms with van der Waals surface area (Å²) < 4.78 is 22.6. The highest BCUT2D eigenvalue weighted by molar-refractivity contribution is 8.02. The van der Waals surface area contributed by atoms with Crippen molar-refractivity contribution in [2.45, 2.75) is 11.7 Å². The molecule has 7 heteroatoms. The summed E-state index contributed by atoms with van der Waals surface area (Å²) in [4.78, 5) is 11.7. The molecule has 1 aromatic rings. The van der Waals surface area contributed by atoms with Crippen molar-refractivity contribution in [3.63, 3.8) is 0 Å². The summed E-state index contributed by atoms with van der Waals surface area (Å²) >= 11 is 7.21. The molecule has 1 heterocycles. The van der Waals surface area contributed by atoms with E-state index in [2.05, 4.69) is 5.32 Å². The van der Waals surface area contributed by atoms with Gasteiger partial charge in [-0.15, -0.1) is 11.8 Å². The van der Waals surface area contributed by atoms with Crippen LogP contribution < -0.4 is 5.32 Å². The molecule has 0 bridgehead atoms. The van der Waals surface area contributed by atoms with Crippen molar-refractivity contribution in [2.24, 2.45) is 0 Å². The van der Waals surface area contributed by atoms with E-state index < -0.39 is 9.84 Å². The Balaban J connectivity index is 1.79. The van der Waals surface area contributed by atoms with Crippen LogP contribution in [0.2, 0.25) is 5.02 Å². The van der Waals surface area contributed by atoms with E-state index in [1.54, 1.807) is 24.3 Å². The lowest BCUT2D eigenvalue weighted by Gasteiger charge is -2.08. The Morgan fingerprint density at radius 2 is 2.26 bits per heavy atom. The second kappa shape index (κ2) is 6.15. The van der Waals surface area contributed by atoms with E-state index in [0.29, 0.717) is 17.1 Å². The molecular formula is C12H14ClNO3S2. The molecule has 1 aliphatic heterocycles. The third-order valence-electron chi connectivity index (χ3n) is 2.75. The molecule has 0 aliphatic carbocycles. The molecule has 1 saturated heterocycles. The van der Waals surface area contributed by atoms with E-state index in [-0.39, 0.29) is 28.4 Å². The van der Waals surface area contributed by atoms with Crippen molar-refractivity contribution in [3.05, 3.63) is 29.3 Å². The number of rotatable bonds is 4. The van der Waals surface area contributed by atoms with Crippen LogP contribution in [0.3, 0.4) is 0 Å². The number of benzene rings is 1. The van der Waals surface area contributed by atoms with Gasteiger partial charge in [0.15, 0.2) is 9.84 Å². The van der Waals surface area contributed by atoms with Crippen LogP contribution in [0.5, 0.6) is 0 Å². The fraction of sp³-hybridized carbons (Fsp3) is 0.417. The standard InChI is InChI=1S/C12H14ClNO3S2/c13-9-2-1-3-10(6-9)14-12(15)7-18-11-4-5-19(16,17)8-11/h1-3,6,11H,4-5,7-8H2,(H,14,15). The van der Waals surface area contributed by atoms with Crippen LogP contribution in [0.15, 0.2) is 24.3 Å². The zero-order valence-electron chi connectivity index (χ0n) is 10.1. The first-order chi connectivity index (χ1) is 8.94. The van der Waals surface area contributed by atoms with E-state index in [9.17, 15) is 13.2 Å². The van der Waals surface area contributed by atoms with Crippen LogP contribution in [-0.2, 0) is 14.6 Å². The van der Waals surface area contributed by atoms with Gasteiger partial charge in [0.1, 0.15) is 0 Å². The minimum Gasteiger partial charge on any atom is -0.325 e. The first-order valence-corrected chi connectivity index (χ1v) is 9.07. The molecule has 2 rings (SSSR count). The fourth-order valence-electron chi connectivity index (χ4n) is 1.85. The highest BCUT2D eigenvalue weighted by Crippen LogP contribution is 2.24. The SMILES string of the molecule is O=C(CSC1CCS(=O)(=O)C1)Nc1cccc(Cl)c1. The molecule has 104 valence electrons. The predicted octanol–water partition coefficient (Wildman–Crippen LogP) is 2.20. The highest BCUT2D eigenvalue weighted by Gasteiger charge is 2.28. The molecule has 1 aromatic carbocycles. The number of hydrogen-bond donors (Lipinski definition) is 1. The maximum absolute atomic E-state index is 11.7. The van der Waals surface area contributed by atoms with E-state index in [4.69, 9.17) is 11.6 Å². The van der Waals surface area contributed by atoms with Crippen LogP contribution in [0.25, 0.3) is 0 Å². The van der Waals surface area contributed by atoms with Gasteiger partial charge in [0, 0.05) is 16.0 Å². The first-order valence-electron chi connectivity index (χ1n) is 5.82. The Morgan fingerprint density at radius 1 is 1.47 bits per heavy atom. The minimum absolute atomic E-state index is 0.0371. The van der Waals surface area contributed by atoms with E-state index in [1.165, 1.54) is 11.8 Å². The molecule has 1 N–H and O–H groups in total. The number of hydrogen-bond acceptors (Lipinski definition) is 4. The molecule has 0 radical (unpaired) electrons. The maximum atomic E-state index is 11.7. The lowest BCUT2D eigenvalue weighted by molar-refractivity contribution is -0.113. The molecule has 0 aromatic heterocycles. The highest BCUT2D eigenvalue weighted by atomic mass is 35.5. The Kier molecular flexibility index (Phi) is 4.76. The number of halogens is 1. The molecule has 1 unspecified atom stereocenters. The van der Waals surface area contributed by atoms with E-state index in [0.717, 1.165) is 0 Å². The quantitative estimate of drug-likeness (QED) is 0.924. The van der Waals surface area contributed by atoms with Gasteiger partial charge in [-0.05, 0) is 24.6 Å². The van der Waals surface area contributed by atoms with Crippen molar-refractivity contribution in [1.82, 2.24) is 0 Å². The summed E-state index contributed by atoms with van der Waals surface area (Å²) in [6.45, 7) is 0. The molecular weight excluding hydrogens is 306 g/mol. The van der Waals surface area contributed by atoms with Crippen LogP contribution in [0.4, 0.5) is 5.69 Å². The van der Waals surface area contributed by atoms with Gasteiger partial charge in [-0.1, -0.05) is 17.7 Å². The summed E-state index contributed by atoms with van der Waals surface area (Å²) in [6.07, 6.45) is 0.636. The van der Waals surface area contributed by atoms with Gasteiger partial charge in [-0.25, -0.2) is 8.42 Å². The molecule has 1 amide bonds. The minimum atomic E-state index is -2.88. The summed E-state index contributed by atoms with van der Waals surface area (Å²) in [5, 5.41) is 3.33. The van der Waals surface area contributed by atoms with Crippen LogP contribution in [-0.4, -0.2) is 36.8 Å². The lowest BCUT2D eigenvalue weighted by Crippen LogP contribution is -2.17. The number of thioether (sulfide) groups is 1. The van der Waals surface area contributed by atoms with Crippen LogP contribution >= 0.6 is 23.4 Å². The number of amides is 1. The molecule has 19 heavy (non-hydrogen) atoms. The number of carbonyl (C=O) groups excluding carboxylic acids is 1. The largest absolute Gasteiger partial charge is 0.325 e. The van der Waals surface area contributed by atoms with Gasteiger partial charge in [0.2, 0.25) is 5.91 Å². The number of nitrogens with one attached hydrogen (secondary N) is 1. The third kappa shape index (κ3) is 4.71. The number of anilines is 1. The van der Waals surface area contributed by atoms with Gasteiger partial charge < -0.3 is 5.32 Å². The number of carbonyl (C=O) groups is 1. The van der Waals surface area contributed by atoms with Gasteiger partial charge in [-0.3, -0.25) is 4.79 Å². The van der Waals surface area contributed by atoms with Gasteiger partial charge >= 0.3 is 0 Å². The molecule has 4 nitrogen and oxygen atoms in total. The second-order valence-electron chi connectivity index (χ2n) is 4.39. The van der Waals surface area contributed by atoms with Gasteiger partial charge in [-0.2, -0.15) is 0 Å². The van der Waals surface area contributed by atoms with E-state index >= 15 is 0 Å². The Bertz CT molecular complexity index is 574. The molecule has 1 atom stereocenters. The second-order valence-corrected chi connectivity index (χ2v) is 8.35. The third-order valence-corrected chi connectivity index (χ3v) is 6.27. The molecule has 0 spiro atoms. The monoisotopic (exact) mass is 319 g/mol. The summed E-state index contributed by atoms with van der Waals surface area (Å²) in [5.41, 5.74) is 0.650. The summed E-state index contributed by atoms with van der Waals surface area (Å²) in [5.74, 6) is 0.534. The van der Waals surface area contributed by atoms with Crippen molar-refractivity contribution < 1.29 is 13.2 Å². The first kappa shape index (κ1) is 14.7. The Labute approximate surface area is 121 Å². The Hall–Kier alpha value is -0.720. The zero-order valence-corrected chi connectivity index (χ0v) is 12.5. The molecule has 0 saturated carbocycles. The van der Waals surface area contributed by atoms with Crippen molar-refractivity contribution >= 4 is 44.8 Å². The lowest BCUT2D eigenvalue weighted by atomic mass is 10.3. The Morgan fingerprint density at radius 3 is 2.89 bits per heavy atom.